The molecule has 140 valence electrons. The first-order valence-corrected chi connectivity index (χ1v) is 10.0. The van der Waals surface area contributed by atoms with Gasteiger partial charge in [-0.3, -0.25) is 4.72 Å². The summed E-state index contributed by atoms with van der Waals surface area (Å²) in [5.74, 6) is 1.68. The average molecular weight is 377 g/mol. The summed E-state index contributed by atoms with van der Waals surface area (Å²) >= 11 is 0. The first-order valence-electron chi connectivity index (χ1n) is 8.53. The second kappa shape index (κ2) is 7.86. The number of benzene rings is 2. The van der Waals surface area contributed by atoms with Gasteiger partial charge in [0, 0.05) is 6.07 Å². The van der Waals surface area contributed by atoms with E-state index in [-0.39, 0.29) is 11.0 Å². The normalized spacial score (nSPS) is 14.8. The summed E-state index contributed by atoms with van der Waals surface area (Å²) in [4.78, 5) is 0.172. The lowest BCUT2D eigenvalue weighted by Crippen LogP contribution is -2.14. The number of hydrogen-bond donors (Lipinski definition) is 1. The van der Waals surface area contributed by atoms with E-state index in [0.29, 0.717) is 22.9 Å². The molecule has 2 aromatic carbocycles. The Hall–Kier alpha value is -2.41. The minimum absolute atomic E-state index is 0.172. The van der Waals surface area contributed by atoms with Crippen LogP contribution in [0.15, 0.2) is 47.4 Å². The number of ether oxygens (including phenoxy) is 3. The molecule has 0 heterocycles. The minimum Gasteiger partial charge on any atom is -0.493 e. The maximum atomic E-state index is 12.6. The average Bonchev–Trinajstić information content (AvgIpc) is 3.14. The van der Waals surface area contributed by atoms with Crippen LogP contribution in [-0.2, 0) is 10.0 Å². The van der Waals surface area contributed by atoms with Gasteiger partial charge in [-0.05, 0) is 62.1 Å². The molecule has 1 saturated carbocycles. The number of nitrogens with one attached hydrogen (secondary N) is 1. The van der Waals surface area contributed by atoms with Crippen LogP contribution in [0.4, 0.5) is 5.69 Å². The van der Waals surface area contributed by atoms with Crippen LogP contribution < -0.4 is 18.9 Å². The second-order valence-electron chi connectivity index (χ2n) is 6.17. The van der Waals surface area contributed by atoms with E-state index in [0.717, 1.165) is 12.8 Å². The number of anilines is 1. The number of methoxy groups -OCH3 is 2. The topological polar surface area (TPSA) is 73.9 Å². The molecule has 0 unspecified atom stereocenters. The van der Waals surface area contributed by atoms with Crippen LogP contribution in [0.1, 0.15) is 25.7 Å². The van der Waals surface area contributed by atoms with E-state index in [1.54, 1.807) is 42.5 Å². The van der Waals surface area contributed by atoms with Crippen LogP contribution in [0.25, 0.3) is 0 Å². The van der Waals surface area contributed by atoms with Gasteiger partial charge >= 0.3 is 0 Å². The highest BCUT2D eigenvalue weighted by Gasteiger charge is 2.18. The Morgan fingerprint density at radius 3 is 2.19 bits per heavy atom. The third kappa shape index (κ3) is 4.22. The fraction of sp³-hybridized carbons (Fsp3) is 0.368. The zero-order valence-corrected chi connectivity index (χ0v) is 15.7. The summed E-state index contributed by atoms with van der Waals surface area (Å²) in [5, 5.41) is 0. The standard InChI is InChI=1S/C19H23NO5S/c1-23-18-12-7-14(13-19(18)24-2)20-26(21,22)17-10-8-16(9-11-17)25-15-5-3-4-6-15/h7-13,15,20H,3-6H2,1-2H3. The summed E-state index contributed by atoms with van der Waals surface area (Å²) in [6.07, 6.45) is 4.72. The molecule has 3 rings (SSSR count). The van der Waals surface area contributed by atoms with Gasteiger partial charge in [0.1, 0.15) is 5.75 Å². The van der Waals surface area contributed by atoms with Gasteiger partial charge in [-0.1, -0.05) is 0 Å². The van der Waals surface area contributed by atoms with E-state index < -0.39 is 10.0 Å². The SMILES string of the molecule is COc1ccc(NS(=O)(=O)c2ccc(OC3CCCC3)cc2)cc1OC. The van der Waals surface area contributed by atoms with E-state index in [1.807, 2.05) is 0 Å². The molecule has 26 heavy (non-hydrogen) atoms. The molecule has 1 fully saturated rings. The zero-order chi connectivity index (χ0) is 18.6. The molecule has 0 aromatic heterocycles. The molecule has 0 amide bonds. The molecule has 2 aromatic rings. The van der Waals surface area contributed by atoms with Gasteiger partial charge in [0.25, 0.3) is 10.0 Å². The van der Waals surface area contributed by atoms with Crippen molar-refractivity contribution < 1.29 is 22.6 Å². The quantitative estimate of drug-likeness (QED) is 0.794. The van der Waals surface area contributed by atoms with Crippen molar-refractivity contribution in [2.75, 3.05) is 18.9 Å². The Bertz CT molecular complexity index is 843. The lowest BCUT2D eigenvalue weighted by Gasteiger charge is -2.14. The third-order valence-electron chi connectivity index (χ3n) is 4.37. The number of hydrogen-bond acceptors (Lipinski definition) is 5. The van der Waals surface area contributed by atoms with E-state index in [2.05, 4.69) is 4.72 Å². The maximum absolute atomic E-state index is 12.6. The molecular weight excluding hydrogens is 354 g/mol. The van der Waals surface area contributed by atoms with Gasteiger partial charge < -0.3 is 14.2 Å². The minimum atomic E-state index is -3.70. The van der Waals surface area contributed by atoms with Crippen molar-refractivity contribution >= 4 is 15.7 Å². The molecule has 1 N–H and O–H groups in total. The monoisotopic (exact) mass is 377 g/mol. The Kier molecular flexibility index (Phi) is 5.56. The largest absolute Gasteiger partial charge is 0.493 e. The Labute approximate surface area is 154 Å². The smallest absolute Gasteiger partial charge is 0.261 e. The Balaban J connectivity index is 1.73. The molecule has 0 aliphatic heterocycles. The van der Waals surface area contributed by atoms with Crippen molar-refractivity contribution in [2.24, 2.45) is 0 Å². The van der Waals surface area contributed by atoms with Gasteiger partial charge in [0.05, 0.1) is 30.9 Å². The van der Waals surface area contributed by atoms with Gasteiger partial charge in [-0.15, -0.1) is 0 Å². The molecular formula is C19H23NO5S. The van der Waals surface area contributed by atoms with Gasteiger partial charge in [0.2, 0.25) is 0 Å². The van der Waals surface area contributed by atoms with E-state index in [4.69, 9.17) is 14.2 Å². The fourth-order valence-electron chi connectivity index (χ4n) is 3.01. The summed E-state index contributed by atoms with van der Waals surface area (Å²) in [6, 6.07) is 11.3. The highest BCUT2D eigenvalue weighted by Crippen LogP contribution is 2.31. The zero-order valence-electron chi connectivity index (χ0n) is 14.9. The van der Waals surface area contributed by atoms with E-state index in [9.17, 15) is 8.42 Å². The first-order chi connectivity index (χ1) is 12.5. The summed E-state index contributed by atoms with van der Waals surface area (Å²) in [5.41, 5.74) is 0.397. The van der Waals surface area contributed by atoms with Crippen molar-refractivity contribution in [3.05, 3.63) is 42.5 Å². The second-order valence-corrected chi connectivity index (χ2v) is 7.85. The van der Waals surface area contributed by atoms with Crippen LogP contribution in [0, 0.1) is 0 Å². The van der Waals surface area contributed by atoms with Crippen molar-refractivity contribution in [3.63, 3.8) is 0 Å². The van der Waals surface area contributed by atoms with E-state index in [1.165, 1.54) is 27.1 Å². The van der Waals surface area contributed by atoms with Crippen LogP contribution >= 0.6 is 0 Å². The Morgan fingerprint density at radius 1 is 0.923 bits per heavy atom. The molecule has 6 nitrogen and oxygen atoms in total. The maximum Gasteiger partial charge on any atom is 0.261 e. The molecule has 0 atom stereocenters. The molecule has 0 saturated heterocycles. The molecule has 0 spiro atoms. The van der Waals surface area contributed by atoms with Crippen molar-refractivity contribution in [2.45, 2.75) is 36.7 Å². The fourth-order valence-corrected chi connectivity index (χ4v) is 4.06. The van der Waals surface area contributed by atoms with Crippen molar-refractivity contribution in [1.29, 1.82) is 0 Å². The molecule has 1 aliphatic rings. The lowest BCUT2D eigenvalue weighted by molar-refractivity contribution is 0.210. The predicted molar refractivity (Wildman–Crippen MR) is 99.7 cm³/mol. The predicted octanol–water partition coefficient (Wildman–Crippen LogP) is 3.83. The van der Waals surface area contributed by atoms with Crippen molar-refractivity contribution in [1.82, 2.24) is 0 Å². The third-order valence-corrected chi connectivity index (χ3v) is 5.77. The summed E-state index contributed by atoms with van der Waals surface area (Å²) in [7, 11) is -0.680. The van der Waals surface area contributed by atoms with Gasteiger partial charge in [-0.25, -0.2) is 8.42 Å². The summed E-state index contributed by atoms with van der Waals surface area (Å²) < 4.78 is 44.0. The first kappa shape index (κ1) is 18.4. The highest BCUT2D eigenvalue weighted by atomic mass is 32.2. The van der Waals surface area contributed by atoms with E-state index >= 15 is 0 Å². The van der Waals surface area contributed by atoms with Crippen molar-refractivity contribution in [3.8, 4) is 17.2 Å². The van der Waals surface area contributed by atoms with Crippen LogP contribution in [-0.4, -0.2) is 28.7 Å². The Morgan fingerprint density at radius 2 is 1.58 bits per heavy atom. The van der Waals surface area contributed by atoms with Crippen LogP contribution in [0.3, 0.4) is 0 Å². The number of sulfonamides is 1. The van der Waals surface area contributed by atoms with Gasteiger partial charge in [-0.2, -0.15) is 0 Å². The number of rotatable bonds is 7. The summed E-state index contributed by atoms with van der Waals surface area (Å²) in [6.45, 7) is 0. The highest BCUT2D eigenvalue weighted by molar-refractivity contribution is 7.92. The van der Waals surface area contributed by atoms with Crippen LogP contribution in [0.2, 0.25) is 0 Å². The molecule has 0 bridgehead atoms. The van der Waals surface area contributed by atoms with Gasteiger partial charge in [0.15, 0.2) is 11.5 Å². The lowest BCUT2D eigenvalue weighted by atomic mass is 10.3. The van der Waals surface area contributed by atoms with Crippen LogP contribution in [0.5, 0.6) is 17.2 Å². The molecule has 0 radical (unpaired) electrons. The molecule has 7 heteroatoms. The molecule has 1 aliphatic carbocycles.